The van der Waals surface area contributed by atoms with E-state index in [1.54, 1.807) is 0 Å². The van der Waals surface area contributed by atoms with Crippen molar-refractivity contribution in [2.24, 2.45) is 0 Å². The van der Waals surface area contributed by atoms with Crippen LogP contribution in [0.5, 0.6) is 0 Å². The molecule has 0 heterocycles. The molecule has 0 aromatic heterocycles. The van der Waals surface area contributed by atoms with Crippen LogP contribution >= 0.6 is 11.5 Å². The molecule has 18 heavy (non-hydrogen) atoms. The molecule has 0 radical (unpaired) electrons. The molecular formula is C4H6F12OS. The highest BCUT2D eigenvalue weighted by molar-refractivity contribution is 8.16. The number of rotatable bonds is 2. The van der Waals surface area contributed by atoms with Crippen LogP contribution in [0.4, 0.5) is 52.1 Å². The summed E-state index contributed by atoms with van der Waals surface area (Å²) in [5, 5.41) is 0. The molecule has 0 fully saturated rings. The van der Waals surface area contributed by atoms with E-state index in [9.17, 15) is 38.0 Å². The van der Waals surface area contributed by atoms with E-state index in [0.717, 1.165) is 0 Å². The normalized spacial score (nSPS) is 13.9. The smallest absolute Gasteiger partial charge is 0.269 e. The second kappa shape index (κ2) is 6.58. The van der Waals surface area contributed by atoms with Crippen LogP contribution < -0.4 is 0 Å². The molecule has 0 atom stereocenters. The summed E-state index contributed by atoms with van der Waals surface area (Å²) in [6.45, 7) is -0.715. The minimum absolute atomic E-state index is 0. The Bertz CT molecular complexity index is 212. The highest BCUT2D eigenvalue weighted by Gasteiger charge is 2.72. The molecule has 118 valence electrons. The maximum absolute atomic E-state index is 11.8. The molecule has 0 spiro atoms. The maximum atomic E-state index is 11.8. The van der Waals surface area contributed by atoms with E-state index in [0.29, 0.717) is 0 Å². The van der Waals surface area contributed by atoms with Gasteiger partial charge in [-0.25, -0.2) is 4.18 Å². The molecule has 0 N–H and O–H groups in total. The van der Waals surface area contributed by atoms with Crippen molar-refractivity contribution in [3.8, 4) is 0 Å². The van der Waals surface area contributed by atoms with E-state index in [1.807, 2.05) is 0 Å². The quantitative estimate of drug-likeness (QED) is 0.666. The average molecular weight is 330 g/mol. The van der Waals surface area contributed by atoms with E-state index in [2.05, 4.69) is 4.18 Å². The van der Waals surface area contributed by atoms with E-state index in [1.165, 1.54) is 0 Å². The first-order valence-electron chi connectivity index (χ1n) is 2.97. The molecule has 0 saturated carbocycles. The van der Waals surface area contributed by atoms with E-state index < -0.39 is 36.3 Å². The molecule has 0 unspecified atom stereocenters. The summed E-state index contributed by atoms with van der Waals surface area (Å²) in [6, 6.07) is 0. The van der Waals surface area contributed by atoms with Gasteiger partial charge in [-0.15, -0.1) is 0 Å². The molecule has 0 aliphatic heterocycles. The van der Waals surface area contributed by atoms with Crippen molar-refractivity contribution in [2.45, 2.75) is 24.9 Å². The molecular weight excluding hydrogens is 324 g/mol. The van der Waals surface area contributed by atoms with Gasteiger partial charge in [0.25, 0.3) is 5.60 Å². The monoisotopic (exact) mass is 330 g/mol. The third-order valence-corrected chi connectivity index (χ3v) is 1.87. The number of alkyl halides is 6. The van der Waals surface area contributed by atoms with Gasteiger partial charge in [-0.2, -0.15) is 26.3 Å². The van der Waals surface area contributed by atoms with Crippen LogP contribution in [0.25, 0.3) is 0 Å². The van der Waals surface area contributed by atoms with Gasteiger partial charge in [0.05, 0.1) is 0 Å². The van der Waals surface area contributed by atoms with Gasteiger partial charge in [0, 0.05) is 0 Å². The Balaban J connectivity index is -0.000000327. The average Bonchev–Trinajstić information content (AvgIpc) is 1.77. The molecule has 14 heteroatoms. The third kappa shape index (κ3) is 5.88. The van der Waals surface area contributed by atoms with Gasteiger partial charge < -0.3 is 0 Å². The summed E-state index contributed by atoms with van der Waals surface area (Å²) >= 11 is -6.89. The molecule has 0 amide bonds. The fourth-order valence-electron chi connectivity index (χ4n) is 0.444. The number of hydrogen-bond donors (Lipinski definition) is 0. The van der Waals surface area contributed by atoms with Crippen LogP contribution in [0.3, 0.4) is 0 Å². The highest BCUT2D eigenvalue weighted by atomic mass is 32.4. The topological polar surface area (TPSA) is 9.23 Å². The lowest BCUT2D eigenvalue weighted by Gasteiger charge is -2.34. The summed E-state index contributed by atoms with van der Waals surface area (Å²) in [7, 11) is 0. The minimum Gasteiger partial charge on any atom is -0.269 e. The first kappa shape index (κ1) is 26.1. The van der Waals surface area contributed by atoms with Crippen molar-refractivity contribution >= 4 is 11.5 Å². The van der Waals surface area contributed by atoms with Crippen LogP contribution in [-0.4, -0.2) is 18.0 Å². The Morgan fingerprint density at radius 2 is 0.944 bits per heavy atom. The van der Waals surface area contributed by atoms with Crippen molar-refractivity contribution in [1.82, 2.24) is 0 Å². The Kier molecular flexibility index (Phi) is 9.55. The summed E-state index contributed by atoms with van der Waals surface area (Å²) in [5.74, 6) is 0. The fraction of sp³-hybridized carbons (Fsp3) is 1.00. The Morgan fingerprint density at radius 3 is 1.00 bits per heavy atom. The SMILES string of the molecule is CC(OS(F)(F)F)(C(F)(F)F)C(F)(F)F.F.F.F. The zero-order chi connectivity index (χ0) is 12.7. The number of hydrogen-bond acceptors (Lipinski definition) is 1. The summed E-state index contributed by atoms with van der Waals surface area (Å²) in [6.07, 6.45) is -12.4. The highest BCUT2D eigenvalue weighted by Crippen LogP contribution is 2.62. The molecule has 0 aromatic rings. The predicted octanol–water partition coefficient (Wildman–Crippen LogP) is 4.72. The first-order valence-corrected chi connectivity index (χ1v) is 4.23. The summed E-state index contributed by atoms with van der Waals surface area (Å²) in [4.78, 5) is 0. The van der Waals surface area contributed by atoms with Crippen molar-refractivity contribution < 1.29 is 56.3 Å². The van der Waals surface area contributed by atoms with Crippen molar-refractivity contribution in [3.63, 3.8) is 0 Å². The van der Waals surface area contributed by atoms with Crippen molar-refractivity contribution in [2.75, 3.05) is 0 Å². The Labute approximate surface area is 93.8 Å². The zero-order valence-electron chi connectivity index (χ0n) is 7.94. The van der Waals surface area contributed by atoms with Gasteiger partial charge in [0.15, 0.2) is 0 Å². The van der Waals surface area contributed by atoms with Gasteiger partial charge in [-0.1, -0.05) is 11.7 Å². The van der Waals surface area contributed by atoms with Gasteiger partial charge in [-0.3, -0.25) is 14.1 Å². The fourth-order valence-corrected chi connectivity index (χ4v) is 1.01. The molecule has 0 bridgehead atoms. The Morgan fingerprint density at radius 1 is 0.722 bits per heavy atom. The van der Waals surface area contributed by atoms with Gasteiger partial charge in [0.1, 0.15) is 0 Å². The van der Waals surface area contributed by atoms with Gasteiger partial charge in [0.2, 0.25) is 0 Å². The molecule has 1 nitrogen and oxygen atoms in total. The van der Waals surface area contributed by atoms with Crippen LogP contribution in [-0.2, 0) is 4.18 Å². The number of halogens is 12. The Hall–Kier alpha value is -0.530. The van der Waals surface area contributed by atoms with Crippen LogP contribution in [0.1, 0.15) is 6.92 Å². The van der Waals surface area contributed by atoms with E-state index >= 15 is 0 Å². The molecule has 0 aliphatic carbocycles. The van der Waals surface area contributed by atoms with Crippen LogP contribution in [0.15, 0.2) is 0 Å². The molecule has 0 aromatic carbocycles. The lowest BCUT2D eigenvalue weighted by atomic mass is 10.1. The van der Waals surface area contributed by atoms with Gasteiger partial charge >= 0.3 is 23.8 Å². The first-order chi connectivity index (χ1) is 6.21. The molecule has 0 aliphatic rings. The van der Waals surface area contributed by atoms with Gasteiger partial charge in [-0.05, 0) is 6.92 Å². The van der Waals surface area contributed by atoms with Crippen molar-refractivity contribution in [1.29, 1.82) is 0 Å². The summed E-state index contributed by atoms with van der Waals surface area (Å²) in [5.41, 5.74) is -5.23. The minimum atomic E-state index is -6.89. The standard InChI is InChI=1S/C4H3F9OS.3FH/c1-2(3(5,6)7,4(8,9)10)14-15(11,12)13;;;/h1H3;3*1H. The maximum Gasteiger partial charge on any atom is 0.427 e. The predicted molar refractivity (Wildman–Crippen MR) is 40.0 cm³/mol. The van der Waals surface area contributed by atoms with E-state index in [-0.39, 0.29) is 14.1 Å². The zero-order valence-corrected chi connectivity index (χ0v) is 8.76. The lowest BCUT2D eigenvalue weighted by Crippen LogP contribution is -2.55. The van der Waals surface area contributed by atoms with Crippen LogP contribution in [0, 0.1) is 0 Å². The van der Waals surface area contributed by atoms with Crippen molar-refractivity contribution in [3.05, 3.63) is 0 Å². The summed E-state index contributed by atoms with van der Waals surface area (Å²) < 4.78 is 107. The van der Waals surface area contributed by atoms with E-state index in [4.69, 9.17) is 0 Å². The third-order valence-electron chi connectivity index (χ3n) is 1.34. The van der Waals surface area contributed by atoms with Crippen LogP contribution in [0.2, 0.25) is 0 Å². The largest absolute Gasteiger partial charge is 0.427 e. The molecule has 0 rings (SSSR count). The second-order valence-corrected chi connectivity index (χ2v) is 3.37. The second-order valence-electron chi connectivity index (χ2n) is 2.48. The lowest BCUT2D eigenvalue weighted by molar-refractivity contribution is -0.351. The molecule has 0 saturated heterocycles.